The maximum atomic E-state index is 15.0. The summed E-state index contributed by atoms with van der Waals surface area (Å²) in [6.45, 7) is 5.26. The van der Waals surface area contributed by atoms with E-state index in [1.165, 1.54) is 17.6 Å². The third-order valence-electron chi connectivity index (χ3n) is 9.79. The van der Waals surface area contributed by atoms with Crippen molar-refractivity contribution in [2.45, 2.75) is 69.2 Å². The Morgan fingerprint density at radius 1 is 1.17 bits per heavy atom. The number of benzene rings is 2. The Hall–Kier alpha value is -3.15. The van der Waals surface area contributed by atoms with Gasteiger partial charge in [-0.1, -0.05) is 13.0 Å². The molecule has 220 valence electrons. The molecule has 2 bridgehead atoms. The van der Waals surface area contributed by atoms with E-state index < -0.39 is 6.17 Å². The number of phenolic OH excluding ortho intramolecular Hbond substituents is 1. The molecule has 0 saturated carbocycles. The van der Waals surface area contributed by atoms with Gasteiger partial charge in [0.2, 0.25) is 0 Å². The van der Waals surface area contributed by atoms with Crippen LogP contribution >= 0.6 is 11.5 Å². The van der Waals surface area contributed by atoms with Crippen LogP contribution in [0.5, 0.6) is 11.8 Å². The number of aryl methyl sites for hydroxylation is 1. The Morgan fingerprint density at radius 3 is 2.81 bits per heavy atom. The predicted octanol–water partition coefficient (Wildman–Crippen LogP) is 5.21. The second-order valence-electron chi connectivity index (χ2n) is 12.4. The van der Waals surface area contributed by atoms with Crippen LogP contribution in [0.1, 0.15) is 44.6 Å². The van der Waals surface area contributed by atoms with Crippen LogP contribution in [0.25, 0.3) is 32.2 Å². The summed E-state index contributed by atoms with van der Waals surface area (Å²) in [5, 5.41) is 15.8. The molecule has 2 aromatic heterocycles. The van der Waals surface area contributed by atoms with Crippen molar-refractivity contribution in [2.75, 3.05) is 37.7 Å². The maximum Gasteiger partial charge on any atom is 0.319 e. The minimum atomic E-state index is -0.843. The van der Waals surface area contributed by atoms with E-state index >= 15 is 4.39 Å². The molecule has 8 nitrogen and oxygen atoms in total. The molecule has 6 heterocycles. The molecule has 0 aliphatic carbocycles. The van der Waals surface area contributed by atoms with E-state index in [-0.39, 0.29) is 23.1 Å². The minimum Gasteiger partial charge on any atom is -0.508 e. The number of hydrogen-bond donors (Lipinski definition) is 2. The van der Waals surface area contributed by atoms with Gasteiger partial charge in [0.25, 0.3) is 0 Å². The third-order valence-corrected chi connectivity index (χ3v) is 10.6. The molecule has 2 aromatic carbocycles. The van der Waals surface area contributed by atoms with Gasteiger partial charge < -0.3 is 20.1 Å². The highest BCUT2D eigenvalue weighted by Gasteiger charge is 2.49. The van der Waals surface area contributed by atoms with Gasteiger partial charge >= 0.3 is 6.01 Å². The lowest BCUT2D eigenvalue weighted by molar-refractivity contribution is 0.107. The lowest BCUT2D eigenvalue weighted by atomic mass is 9.95. The maximum absolute atomic E-state index is 15.0. The molecule has 11 heteroatoms. The smallest absolute Gasteiger partial charge is 0.319 e. The van der Waals surface area contributed by atoms with Crippen molar-refractivity contribution in [3.8, 4) is 23.0 Å². The normalized spacial score (nSPS) is 27.4. The monoisotopic (exact) mass is 592 g/mol. The van der Waals surface area contributed by atoms with E-state index in [0.717, 1.165) is 66.6 Å². The summed E-state index contributed by atoms with van der Waals surface area (Å²) in [6.07, 6.45) is 4.32. The quantitative estimate of drug-likeness (QED) is 0.316. The first-order valence-electron chi connectivity index (χ1n) is 15.1. The van der Waals surface area contributed by atoms with Gasteiger partial charge in [0, 0.05) is 43.7 Å². The highest BCUT2D eigenvalue weighted by atomic mass is 32.1. The number of aromatic hydroxyl groups is 1. The molecule has 4 aliphatic rings. The summed E-state index contributed by atoms with van der Waals surface area (Å²) >= 11 is 1.32. The van der Waals surface area contributed by atoms with E-state index in [4.69, 9.17) is 19.1 Å². The fourth-order valence-electron chi connectivity index (χ4n) is 7.90. The van der Waals surface area contributed by atoms with Crippen LogP contribution in [0.15, 0.2) is 24.3 Å². The molecule has 0 spiro atoms. The van der Waals surface area contributed by atoms with Crippen molar-refractivity contribution in [3.63, 3.8) is 0 Å². The molecular formula is C31H34F2N6O2S. The van der Waals surface area contributed by atoms with Gasteiger partial charge in [-0.05, 0) is 84.7 Å². The van der Waals surface area contributed by atoms with Crippen molar-refractivity contribution < 1.29 is 18.6 Å². The fourth-order valence-corrected chi connectivity index (χ4v) is 8.76. The first-order valence-corrected chi connectivity index (χ1v) is 15.8. The third kappa shape index (κ3) is 4.23. The van der Waals surface area contributed by atoms with Gasteiger partial charge in [0.1, 0.15) is 40.3 Å². The van der Waals surface area contributed by atoms with Crippen molar-refractivity contribution in [1.82, 2.24) is 24.6 Å². The van der Waals surface area contributed by atoms with Gasteiger partial charge in [-0.15, -0.1) is 0 Å². The number of nitrogens with one attached hydrogen (secondary N) is 1. The van der Waals surface area contributed by atoms with Crippen LogP contribution in [-0.2, 0) is 6.42 Å². The number of piperazine rings is 1. The number of alkyl halides is 1. The molecule has 8 rings (SSSR count). The molecule has 4 atom stereocenters. The molecule has 4 saturated heterocycles. The zero-order chi connectivity index (χ0) is 28.6. The zero-order valence-corrected chi connectivity index (χ0v) is 24.4. The minimum absolute atomic E-state index is 0.0826. The van der Waals surface area contributed by atoms with Gasteiger partial charge in [0.15, 0.2) is 5.82 Å². The number of ether oxygens (including phenoxy) is 1. The molecular weight excluding hydrogens is 558 g/mol. The SMILES string of the molecule is CCc1c(F)ccc2cc(O)cc(-c3nsc4c(N5CC6CCC(C5)N6)nc(OC[C@@]56CCCN5C[C@H](F)C6)nc34)c12. The van der Waals surface area contributed by atoms with Crippen LogP contribution < -0.4 is 15.0 Å². The second kappa shape index (κ2) is 9.96. The number of phenols is 1. The number of halogens is 2. The number of fused-ring (bicyclic) bond motifs is 5. The number of rotatable bonds is 6. The van der Waals surface area contributed by atoms with Gasteiger partial charge in [0.05, 0.1) is 5.54 Å². The van der Waals surface area contributed by atoms with Crippen LogP contribution in [0.4, 0.5) is 14.6 Å². The molecule has 4 aliphatic heterocycles. The number of aromatic nitrogens is 3. The van der Waals surface area contributed by atoms with E-state index in [2.05, 4.69) is 15.1 Å². The lowest BCUT2D eigenvalue weighted by Gasteiger charge is -2.34. The lowest BCUT2D eigenvalue weighted by Crippen LogP contribution is -2.51. The highest BCUT2D eigenvalue weighted by molar-refractivity contribution is 7.14. The standard InChI is InChI=1S/C31H34F2N6O2S/c1-2-22-24(33)7-4-17-10-21(40)11-23(25(17)22)26-27-28(42-37-26)29(38-14-19-5-6-20(15-38)34-19)36-30(35-27)41-16-31-8-3-9-39(31)13-18(32)12-31/h4,7,10-11,18-20,34,40H,2-3,5-6,8-9,12-16H2,1H3/t18-,19?,20?,31+/m1/s1. The Kier molecular flexibility index (Phi) is 6.28. The summed E-state index contributed by atoms with van der Waals surface area (Å²) in [5.41, 5.74) is 2.10. The Balaban J connectivity index is 1.27. The predicted molar refractivity (Wildman–Crippen MR) is 160 cm³/mol. The molecule has 42 heavy (non-hydrogen) atoms. The Morgan fingerprint density at radius 2 is 2.00 bits per heavy atom. The molecule has 2 unspecified atom stereocenters. The molecule has 0 amide bonds. The number of hydrogen-bond acceptors (Lipinski definition) is 9. The Bertz CT molecular complexity index is 1690. The summed E-state index contributed by atoms with van der Waals surface area (Å²) in [7, 11) is 0. The van der Waals surface area contributed by atoms with E-state index in [1.54, 1.807) is 18.2 Å². The van der Waals surface area contributed by atoms with Crippen molar-refractivity contribution in [1.29, 1.82) is 0 Å². The molecule has 4 aromatic rings. The summed E-state index contributed by atoms with van der Waals surface area (Å²) in [4.78, 5) is 14.4. The summed E-state index contributed by atoms with van der Waals surface area (Å²) in [5.74, 6) is 0.591. The van der Waals surface area contributed by atoms with E-state index in [9.17, 15) is 9.50 Å². The topological polar surface area (TPSA) is 86.6 Å². The first kappa shape index (κ1) is 26.5. The number of nitrogens with zero attached hydrogens (tertiary/aromatic N) is 5. The zero-order valence-electron chi connectivity index (χ0n) is 23.6. The highest BCUT2D eigenvalue weighted by Crippen LogP contribution is 2.44. The molecule has 2 N–H and O–H groups in total. The van der Waals surface area contributed by atoms with Crippen LogP contribution in [0.3, 0.4) is 0 Å². The summed E-state index contributed by atoms with van der Waals surface area (Å²) < 4.78 is 41.6. The van der Waals surface area contributed by atoms with Gasteiger partial charge in [-0.2, -0.15) is 14.3 Å². The van der Waals surface area contributed by atoms with Crippen molar-refractivity contribution >= 4 is 38.3 Å². The van der Waals surface area contributed by atoms with Crippen molar-refractivity contribution in [2.24, 2.45) is 0 Å². The summed E-state index contributed by atoms with van der Waals surface area (Å²) in [6, 6.07) is 7.51. The van der Waals surface area contributed by atoms with Gasteiger partial charge in [-0.3, -0.25) is 4.90 Å². The first-order chi connectivity index (χ1) is 20.4. The average molecular weight is 593 g/mol. The largest absolute Gasteiger partial charge is 0.508 e. The Labute approximate surface area is 246 Å². The fraction of sp³-hybridized carbons (Fsp3) is 0.516. The van der Waals surface area contributed by atoms with Crippen LogP contribution in [0, 0.1) is 5.82 Å². The molecule has 0 radical (unpaired) electrons. The molecule has 4 fully saturated rings. The van der Waals surface area contributed by atoms with E-state index in [1.807, 2.05) is 6.92 Å². The van der Waals surface area contributed by atoms with Gasteiger partial charge in [-0.25, -0.2) is 8.78 Å². The van der Waals surface area contributed by atoms with Crippen molar-refractivity contribution in [3.05, 3.63) is 35.6 Å². The average Bonchev–Trinajstić information content (AvgIpc) is 3.73. The number of anilines is 1. The van der Waals surface area contributed by atoms with Crippen LogP contribution in [-0.4, -0.2) is 80.9 Å². The van der Waals surface area contributed by atoms with E-state index in [0.29, 0.717) is 60.4 Å². The van der Waals surface area contributed by atoms with Crippen LogP contribution in [0.2, 0.25) is 0 Å². The second-order valence-corrected chi connectivity index (χ2v) is 13.2.